The van der Waals surface area contributed by atoms with E-state index in [0.29, 0.717) is 0 Å². The number of fused-ring (bicyclic) bond motifs is 8. The number of aryl methyl sites for hydroxylation is 2. The second kappa shape index (κ2) is 6.42. The van der Waals surface area contributed by atoms with E-state index in [2.05, 4.69) is 5.16 Å². The summed E-state index contributed by atoms with van der Waals surface area (Å²) in [6, 6.07) is 13.7. The standard InChI is InChI=1S/C25H24N2O4/c1-12-5-4-6-13(2)22(12)27-24(28)18-16-11-17(19(18)25(27)29)23-20(16)21(26-31-23)14-7-9-15(30-3)10-8-14/h4-10,16-20,23H,11H2,1-3H3/t16-,17+,18-,19-,20-,23+/m0/s1. The molecule has 0 radical (unpaired) electrons. The molecule has 2 aliphatic carbocycles. The van der Waals surface area contributed by atoms with Gasteiger partial charge in [0.1, 0.15) is 11.9 Å². The van der Waals surface area contributed by atoms with Gasteiger partial charge in [0.15, 0.2) is 0 Å². The molecule has 2 saturated carbocycles. The van der Waals surface area contributed by atoms with Crippen molar-refractivity contribution >= 4 is 23.2 Å². The smallest absolute Gasteiger partial charge is 0.238 e. The van der Waals surface area contributed by atoms with Crippen LogP contribution in [0.2, 0.25) is 0 Å². The van der Waals surface area contributed by atoms with Crippen molar-refractivity contribution in [3.05, 3.63) is 59.2 Å². The Balaban J connectivity index is 1.36. The first-order valence-corrected chi connectivity index (χ1v) is 10.8. The van der Waals surface area contributed by atoms with Gasteiger partial charge in [-0.25, -0.2) is 4.90 Å². The largest absolute Gasteiger partial charge is 0.497 e. The average molecular weight is 416 g/mol. The second-order valence-corrected chi connectivity index (χ2v) is 9.17. The topological polar surface area (TPSA) is 68.2 Å². The van der Waals surface area contributed by atoms with E-state index in [1.807, 2.05) is 56.3 Å². The van der Waals surface area contributed by atoms with Gasteiger partial charge in [0.05, 0.1) is 30.3 Å². The number of oxime groups is 1. The summed E-state index contributed by atoms with van der Waals surface area (Å²) in [5, 5.41) is 4.41. The van der Waals surface area contributed by atoms with Crippen LogP contribution in [0.1, 0.15) is 23.1 Å². The number of carbonyl (C=O) groups excluding carboxylic acids is 2. The quantitative estimate of drug-likeness (QED) is 0.719. The van der Waals surface area contributed by atoms with Crippen LogP contribution in [0.15, 0.2) is 47.6 Å². The van der Waals surface area contributed by atoms with Crippen molar-refractivity contribution in [1.29, 1.82) is 0 Å². The molecule has 6 rings (SSSR count). The van der Waals surface area contributed by atoms with E-state index < -0.39 is 0 Å². The molecular formula is C25H24N2O4. The van der Waals surface area contributed by atoms with E-state index in [4.69, 9.17) is 9.57 Å². The number of imide groups is 1. The lowest BCUT2D eigenvalue weighted by Gasteiger charge is -2.29. The number of anilines is 1. The minimum Gasteiger partial charge on any atom is -0.497 e. The van der Waals surface area contributed by atoms with Crippen molar-refractivity contribution in [3.63, 3.8) is 0 Å². The van der Waals surface area contributed by atoms with Crippen molar-refractivity contribution in [3.8, 4) is 5.75 Å². The number of methoxy groups -OCH3 is 1. The fraction of sp³-hybridized carbons (Fsp3) is 0.400. The van der Waals surface area contributed by atoms with E-state index in [1.165, 1.54) is 4.90 Å². The lowest BCUT2D eigenvalue weighted by molar-refractivity contribution is -0.125. The first-order valence-electron chi connectivity index (χ1n) is 10.8. The molecule has 2 aromatic carbocycles. The van der Waals surface area contributed by atoms with Crippen LogP contribution < -0.4 is 9.64 Å². The molecule has 2 aliphatic heterocycles. The Morgan fingerprint density at radius 1 is 0.935 bits per heavy atom. The van der Waals surface area contributed by atoms with Crippen molar-refractivity contribution < 1.29 is 19.2 Å². The Kier molecular flexibility index (Phi) is 3.86. The molecule has 2 heterocycles. The highest BCUT2D eigenvalue weighted by molar-refractivity contribution is 6.23. The lowest BCUT2D eigenvalue weighted by atomic mass is 9.71. The Labute approximate surface area is 180 Å². The van der Waals surface area contributed by atoms with Gasteiger partial charge in [-0.05, 0) is 61.6 Å². The van der Waals surface area contributed by atoms with Gasteiger partial charge < -0.3 is 9.57 Å². The molecule has 2 aromatic rings. The fourth-order valence-electron chi connectivity index (χ4n) is 6.51. The van der Waals surface area contributed by atoms with E-state index in [1.54, 1.807) is 7.11 Å². The molecule has 158 valence electrons. The van der Waals surface area contributed by atoms with E-state index in [0.717, 1.165) is 40.3 Å². The molecule has 31 heavy (non-hydrogen) atoms. The van der Waals surface area contributed by atoms with Crippen LogP contribution in [-0.4, -0.2) is 30.7 Å². The zero-order chi connectivity index (χ0) is 21.4. The Morgan fingerprint density at radius 3 is 2.23 bits per heavy atom. The molecule has 0 spiro atoms. The number of para-hydroxylation sites is 1. The van der Waals surface area contributed by atoms with Crippen LogP contribution in [0.25, 0.3) is 0 Å². The third-order valence-corrected chi connectivity index (χ3v) is 7.74. The van der Waals surface area contributed by atoms with Crippen LogP contribution in [0.5, 0.6) is 5.75 Å². The average Bonchev–Trinajstić information content (AvgIpc) is 3.50. The maximum Gasteiger partial charge on any atom is 0.238 e. The molecule has 3 fully saturated rings. The van der Waals surface area contributed by atoms with Crippen LogP contribution in [0.3, 0.4) is 0 Å². The van der Waals surface area contributed by atoms with Crippen molar-refractivity contribution in [2.24, 2.45) is 34.7 Å². The summed E-state index contributed by atoms with van der Waals surface area (Å²) < 4.78 is 5.26. The van der Waals surface area contributed by atoms with Crippen LogP contribution in [0, 0.1) is 43.4 Å². The number of hydrogen-bond donors (Lipinski definition) is 0. The summed E-state index contributed by atoms with van der Waals surface area (Å²) in [5.41, 5.74) is 4.53. The van der Waals surface area contributed by atoms with E-state index in [-0.39, 0.29) is 47.5 Å². The maximum absolute atomic E-state index is 13.6. The van der Waals surface area contributed by atoms with Gasteiger partial charge in [0, 0.05) is 17.4 Å². The first-order chi connectivity index (χ1) is 15.0. The van der Waals surface area contributed by atoms with E-state index >= 15 is 0 Å². The molecule has 6 nitrogen and oxygen atoms in total. The number of amides is 2. The highest BCUT2D eigenvalue weighted by atomic mass is 16.6. The molecule has 6 atom stereocenters. The van der Waals surface area contributed by atoms with Crippen molar-refractivity contribution in [2.45, 2.75) is 26.4 Å². The summed E-state index contributed by atoms with van der Waals surface area (Å²) in [6.45, 7) is 3.91. The fourth-order valence-corrected chi connectivity index (χ4v) is 6.51. The van der Waals surface area contributed by atoms with Gasteiger partial charge in [0.2, 0.25) is 11.8 Å². The number of ether oxygens (including phenoxy) is 1. The maximum atomic E-state index is 13.6. The summed E-state index contributed by atoms with van der Waals surface area (Å²) in [6.07, 6.45) is 0.718. The van der Waals surface area contributed by atoms with Gasteiger partial charge in [-0.2, -0.15) is 0 Å². The van der Waals surface area contributed by atoms with Crippen LogP contribution in [-0.2, 0) is 14.4 Å². The molecule has 1 saturated heterocycles. The molecule has 0 unspecified atom stereocenters. The van der Waals surface area contributed by atoms with Crippen molar-refractivity contribution in [2.75, 3.05) is 12.0 Å². The third-order valence-electron chi connectivity index (χ3n) is 7.74. The highest BCUT2D eigenvalue weighted by Gasteiger charge is 2.70. The molecule has 4 aliphatic rings. The molecule has 0 N–H and O–H groups in total. The SMILES string of the molecule is COc1ccc(C2=NO[C@@H]3[C@@H]4C[C@H]([C@@H]23)[C@@H]2C(=O)N(c3c(C)cccc3C)C(=O)[C@@H]42)cc1. The monoisotopic (exact) mass is 416 g/mol. The predicted octanol–water partition coefficient (Wildman–Crippen LogP) is 3.49. The number of benzene rings is 2. The molecule has 2 bridgehead atoms. The van der Waals surface area contributed by atoms with Gasteiger partial charge in [-0.15, -0.1) is 0 Å². The summed E-state index contributed by atoms with van der Waals surface area (Å²) in [5.74, 6) is 0.229. The summed E-state index contributed by atoms with van der Waals surface area (Å²) >= 11 is 0. The Hall–Kier alpha value is -3.15. The third kappa shape index (κ3) is 2.36. The number of hydrogen-bond acceptors (Lipinski definition) is 5. The van der Waals surface area contributed by atoms with Gasteiger partial charge in [-0.3, -0.25) is 9.59 Å². The van der Waals surface area contributed by atoms with Crippen LogP contribution >= 0.6 is 0 Å². The zero-order valence-electron chi connectivity index (χ0n) is 17.7. The van der Waals surface area contributed by atoms with Gasteiger partial charge in [0.25, 0.3) is 0 Å². The predicted molar refractivity (Wildman–Crippen MR) is 115 cm³/mol. The minimum absolute atomic E-state index is 0.0327. The molecule has 6 heteroatoms. The molecule has 2 amide bonds. The Bertz CT molecular complexity index is 1120. The number of nitrogens with zero attached hydrogens (tertiary/aromatic N) is 2. The lowest BCUT2D eigenvalue weighted by Crippen LogP contribution is -2.41. The minimum atomic E-state index is -0.303. The molecular weight excluding hydrogens is 392 g/mol. The highest BCUT2D eigenvalue weighted by Crippen LogP contribution is 2.62. The normalized spacial score (nSPS) is 32.7. The first kappa shape index (κ1) is 18.6. The summed E-state index contributed by atoms with van der Waals surface area (Å²) in [7, 11) is 1.64. The number of rotatable bonds is 3. The zero-order valence-corrected chi connectivity index (χ0v) is 17.7. The van der Waals surface area contributed by atoms with E-state index in [9.17, 15) is 9.59 Å². The number of carbonyl (C=O) groups is 2. The van der Waals surface area contributed by atoms with Crippen molar-refractivity contribution in [1.82, 2.24) is 0 Å². The van der Waals surface area contributed by atoms with Crippen LogP contribution in [0.4, 0.5) is 5.69 Å². The molecule has 0 aromatic heterocycles. The Morgan fingerprint density at radius 2 is 1.58 bits per heavy atom. The van der Waals surface area contributed by atoms with Gasteiger partial charge in [-0.1, -0.05) is 23.4 Å². The summed E-state index contributed by atoms with van der Waals surface area (Å²) in [4.78, 5) is 34.5. The second-order valence-electron chi connectivity index (χ2n) is 9.17. The van der Waals surface area contributed by atoms with Gasteiger partial charge >= 0.3 is 0 Å².